The normalized spacial score (nSPS) is 21.9. The molecule has 0 N–H and O–H groups in total. The SMILES string of the molecule is [CH2]C1COCC=C1c1cccc(Br)c1. The van der Waals surface area contributed by atoms with Crippen LogP contribution in [0.4, 0.5) is 0 Å². The van der Waals surface area contributed by atoms with Crippen molar-refractivity contribution in [2.24, 2.45) is 5.92 Å². The molecule has 0 saturated heterocycles. The van der Waals surface area contributed by atoms with Gasteiger partial charge in [0.1, 0.15) is 0 Å². The summed E-state index contributed by atoms with van der Waals surface area (Å²) in [6.45, 7) is 5.50. The summed E-state index contributed by atoms with van der Waals surface area (Å²) < 4.78 is 6.42. The number of hydrogen-bond donors (Lipinski definition) is 0. The van der Waals surface area contributed by atoms with Crippen LogP contribution in [0.5, 0.6) is 0 Å². The number of hydrogen-bond acceptors (Lipinski definition) is 1. The smallest absolute Gasteiger partial charge is 0.0653 e. The van der Waals surface area contributed by atoms with Crippen molar-refractivity contribution < 1.29 is 4.74 Å². The van der Waals surface area contributed by atoms with Gasteiger partial charge in [-0.2, -0.15) is 0 Å². The lowest BCUT2D eigenvalue weighted by atomic mass is 9.93. The van der Waals surface area contributed by atoms with Crippen LogP contribution in [-0.4, -0.2) is 13.2 Å². The summed E-state index contributed by atoms with van der Waals surface area (Å²) in [5.74, 6) is 0.248. The summed E-state index contributed by atoms with van der Waals surface area (Å²) in [7, 11) is 0. The van der Waals surface area contributed by atoms with Crippen LogP contribution in [0.2, 0.25) is 0 Å². The molecule has 0 spiro atoms. The van der Waals surface area contributed by atoms with E-state index in [4.69, 9.17) is 4.74 Å². The van der Waals surface area contributed by atoms with E-state index >= 15 is 0 Å². The topological polar surface area (TPSA) is 9.23 Å². The highest BCUT2D eigenvalue weighted by molar-refractivity contribution is 9.10. The van der Waals surface area contributed by atoms with Crippen molar-refractivity contribution in [3.8, 4) is 0 Å². The molecule has 0 bridgehead atoms. The van der Waals surface area contributed by atoms with Gasteiger partial charge in [-0.3, -0.25) is 0 Å². The summed E-state index contributed by atoms with van der Waals surface area (Å²) >= 11 is 3.47. The standard InChI is InChI=1S/C12H12BrO/c1-9-8-14-6-5-12(9)10-3-2-4-11(13)7-10/h2-5,7,9H,1,6,8H2. The van der Waals surface area contributed by atoms with Gasteiger partial charge in [0, 0.05) is 10.4 Å². The lowest BCUT2D eigenvalue weighted by molar-refractivity contribution is 0.142. The Morgan fingerprint density at radius 3 is 3.00 bits per heavy atom. The molecule has 2 rings (SSSR count). The third-order valence-corrected chi connectivity index (χ3v) is 2.83. The van der Waals surface area contributed by atoms with Crippen molar-refractivity contribution in [1.29, 1.82) is 0 Å². The lowest BCUT2D eigenvalue weighted by Gasteiger charge is -2.21. The second kappa shape index (κ2) is 4.28. The van der Waals surface area contributed by atoms with Gasteiger partial charge in [0.2, 0.25) is 0 Å². The van der Waals surface area contributed by atoms with Gasteiger partial charge < -0.3 is 4.74 Å². The molecule has 14 heavy (non-hydrogen) atoms. The largest absolute Gasteiger partial charge is 0.377 e. The second-order valence-corrected chi connectivity index (χ2v) is 4.32. The average Bonchev–Trinajstić information content (AvgIpc) is 2.18. The van der Waals surface area contributed by atoms with Crippen molar-refractivity contribution in [2.45, 2.75) is 0 Å². The van der Waals surface area contributed by atoms with Gasteiger partial charge in [0.05, 0.1) is 13.2 Å². The maximum Gasteiger partial charge on any atom is 0.0653 e. The zero-order valence-corrected chi connectivity index (χ0v) is 9.46. The molecule has 0 aliphatic carbocycles. The molecule has 73 valence electrons. The Labute approximate surface area is 92.9 Å². The van der Waals surface area contributed by atoms with Gasteiger partial charge in [-0.05, 0) is 30.2 Å². The van der Waals surface area contributed by atoms with E-state index in [9.17, 15) is 0 Å². The van der Waals surface area contributed by atoms with E-state index < -0.39 is 0 Å². The first-order valence-corrected chi connectivity index (χ1v) is 5.43. The maximum atomic E-state index is 5.31. The van der Waals surface area contributed by atoms with E-state index in [1.165, 1.54) is 11.1 Å². The molecule has 1 atom stereocenters. The molecule has 1 aromatic carbocycles. The van der Waals surface area contributed by atoms with E-state index in [0.717, 1.165) is 11.1 Å². The zero-order valence-electron chi connectivity index (χ0n) is 7.87. The summed E-state index contributed by atoms with van der Waals surface area (Å²) in [6.07, 6.45) is 2.11. The van der Waals surface area contributed by atoms with Crippen LogP contribution < -0.4 is 0 Å². The summed E-state index contributed by atoms with van der Waals surface area (Å²) in [6, 6.07) is 8.30. The fraction of sp³-hybridized carbons (Fsp3) is 0.250. The predicted octanol–water partition coefficient (Wildman–Crippen LogP) is 3.31. The monoisotopic (exact) mass is 251 g/mol. The van der Waals surface area contributed by atoms with E-state index in [2.05, 4.69) is 41.1 Å². The van der Waals surface area contributed by atoms with E-state index in [0.29, 0.717) is 6.61 Å². The number of rotatable bonds is 1. The van der Waals surface area contributed by atoms with Gasteiger partial charge in [-0.15, -0.1) is 0 Å². The third kappa shape index (κ3) is 2.07. The van der Waals surface area contributed by atoms with Gasteiger partial charge >= 0.3 is 0 Å². The molecule has 1 aliphatic rings. The quantitative estimate of drug-likeness (QED) is 0.745. The summed E-state index contributed by atoms with van der Waals surface area (Å²) in [5.41, 5.74) is 2.53. The lowest BCUT2D eigenvalue weighted by Crippen LogP contribution is -2.14. The molecule has 1 aromatic rings. The Bertz CT molecular complexity index is 357. The van der Waals surface area contributed by atoms with Crippen LogP contribution in [0.25, 0.3) is 5.57 Å². The number of benzene rings is 1. The average molecular weight is 252 g/mol. The molecule has 1 aliphatic heterocycles. The number of halogens is 1. The molecular weight excluding hydrogens is 240 g/mol. The Kier molecular flexibility index (Phi) is 3.04. The van der Waals surface area contributed by atoms with Crippen LogP contribution in [0.3, 0.4) is 0 Å². The molecule has 0 amide bonds. The second-order valence-electron chi connectivity index (χ2n) is 3.40. The molecule has 1 heterocycles. The minimum atomic E-state index is 0.248. The molecule has 1 nitrogen and oxygen atoms in total. The van der Waals surface area contributed by atoms with Crippen molar-refractivity contribution in [1.82, 2.24) is 0 Å². The molecule has 1 radical (unpaired) electrons. The highest BCUT2D eigenvalue weighted by atomic mass is 79.9. The molecule has 0 aromatic heterocycles. The Hall–Kier alpha value is -0.600. The first kappa shape index (κ1) is 9.94. The summed E-state index contributed by atoms with van der Waals surface area (Å²) in [5, 5.41) is 0. The molecule has 2 heteroatoms. The van der Waals surface area contributed by atoms with Gasteiger partial charge in [0.25, 0.3) is 0 Å². The molecular formula is C12H12BrO. The Balaban J connectivity index is 2.34. The summed E-state index contributed by atoms with van der Waals surface area (Å²) in [4.78, 5) is 0. The van der Waals surface area contributed by atoms with Crippen molar-refractivity contribution in [3.05, 3.63) is 47.3 Å². The van der Waals surface area contributed by atoms with E-state index in [-0.39, 0.29) is 5.92 Å². The fourth-order valence-corrected chi connectivity index (χ4v) is 2.04. The third-order valence-electron chi connectivity index (χ3n) is 2.34. The van der Waals surface area contributed by atoms with Crippen LogP contribution in [-0.2, 0) is 4.74 Å². The van der Waals surface area contributed by atoms with Crippen LogP contribution in [0.15, 0.2) is 34.8 Å². The Morgan fingerprint density at radius 1 is 1.43 bits per heavy atom. The van der Waals surface area contributed by atoms with Crippen LogP contribution >= 0.6 is 15.9 Å². The number of ether oxygens (including phenoxy) is 1. The predicted molar refractivity (Wildman–Crippen MR) is 61.8 cm³/mol. The Morgan fingerprint density at radius 2 is 2.29 bits per heavy atom. The first-order valence-electron chi connectivity index (χ1n) is 4.64. The van der Waals surface area contributed by atoms with E-state index in [1.54, 1.807) is 0 Å². The first-order chi connectivity index (χ1) is 6.77. The maximum absolute atomic E-state index is 5.31. The minimum Gasteiger partial charge on any atom is -0.377 e. The zero-order chi connectivity index (χ0) is 9.97. The minimum absolute atomic E-state index is 0.248. The highest BCUT2D eigenvalue weighted by Crippen LogP contribution is 2.27. The van der Waals surface area contributed by atoms with E-state index in [1.807, 2.05) is 12.1 Å². The molecule has 0 fully saturated rings. The van der Waals surface area contributed by atoms with Crippen molar-refractivity contribution in [3.63, 3.8) is 0 Å². The van der Waals surface area contributed by atoms with Crippen molar-refractivity contribution in [2.75, 3.05) is 13.2 Å². The van der Waals surface area contributed by atoms with Crippen LogP contribution in [0.1, 0.15) is 5.56 Å². The van der Waals surface area contributed by atoms with Crippen LogP contribution in [0, 0.1) is 12.8 Å². The highest BCUT2D eigenvalue weighted by Gasteiger charge is 2.14. The molecule has 1 unspecified atom stereocenters. The van der Waals surface area contributed by atoms with Gasteiger partial charge in [-0.1, -0.05) is 34.1 Å². The molecule has 0 saturated carbocycles. The van der Waals surface area contributed by atoms with Gasteiger partial charge in [0.15, 0.2) is 0 Å². The van der Waals surface area contributed by atoms with Gasteiger partial charge in [-0.25, -0.2) is 0 Å². The fourth-order valence-electron chi connectivity index (χ4n) is 1.64. The van der Waals surface area contributed by atoms with Crippen molar-refractivity contribution >= 4 is 21.5 Å².